The molecule has 1 aliphatic carbocycles. The zero-order valence-electron chi connectivity index (χ0n) is 18.9. The van der Waals surface area contributed by atoms with E-state index in [-0.39, 0.29) is 23.6 Å². The standard InChI is InChI=1S/C24H31F2N5O/c1-15(2)31-13-19-21(23(31)32)28-24(30(3)14-20(25)26)29-22(19)27-18-11-9-17(10-12-18)16-7-5-4-6-8-16/h9-12,15-16,20H,4-8,13-14H2,1-3H3,(H,27,28,29). The lowest BCUT2D eigenvalue weighted by Gasteiger charge is -2.22. The summed E-state index contributed by atoms with van der Waals surface area (Å²) in [7, 11) is 1.51. The van der Waals surface area contributed by atoms with Gasteiger partial charge in [0, 0.05) is 24.3 Å². The molecular formula is C24H31F2N5O. The lowest BCUT2D eigenvalue weighted by atomic mass is 9.84. The number of alkyl halides is 2. The first-order chi connectivity index (χ1) is 15.3. The fraction of sp³-hybridized carbons (Fsp3) is 0.542. The highest BCUT2D eigenvalue weighted by atomic mass is 19.3. The molecule has 1 fully saturated rings. The van der Waals surface area contributed by atoms with Gasteiger partial charge in [0.15, 0.2) is 0 Å². The summed E-state index contributed by atoms with van der Waals surface area (Å²) in [6.45, 7) is 3.78. The SMILES string of the molecule is CC(C)N1Cc2c(Nc3ccc(C4CCCCC4)cc3)nc(N(C)CC(F)F)nc2C1=O. The summed E-state index contributed by atoms with van der Waals surface area (Å²) in [5.74, 6) is 1.03. The molecule has 4 rings (SSSR count). The van der Waals surface area contributed by atoms with Crippen LogP contribution in [-0.2, 0) is 6.54 Å². The second kappa shape index (κ2) is 9.38. The van der Waals surface area contributed by atoms with Crippen LogP contribution < -0.4 is 10.2 Å². The Bertz CT molecular complexity index is 958. The van der Waals surface area contributed by atoms with Crippen LogP contribution in [0.3, 0.4) is 0 Å². The summed E-state index contributed by atoms with van der Waals surface area (Å²) in [5.41, 5.74) is 3.19. The van der Waals surface area contributed by atoms with Crippen molar-refractivity contribution in [1.29, 1.82) is 0 Å². The van der Waals surface area contributed by atoms with Crippen LogP contribution in [0.25, 0.3) is 0 Å². The molecular weight excluding hydrogens is 412 g/mol. The van der Waals surface area contributed by atoms with Gasteiger partial charge in [0.25, 0.3) is 12.3 Å². The summed E-state index contributed by atoms with van der Waals surface area (Å²) in [4.78, 5) is 24.8. The Morgan fingerprint density at radius 3 is 2.44 bits per heavy atom. The maximum Gasteiger partial charge on any atom is 0.273 e. The second-order valence-electron chi connectivity index (χ2n) is 9.08. The number of amides is 1. The van der Waals surface area contributed by atoms with Gasteiger partial charge < -0.3 is 15.1 Å². The molecule has 0 spiro atoms. The van der Waals surface area contributed by atoms with Crippen molar-refractivity contribution in [3.05, 3.63) is 41.1 Å². The lowest BCUT2D eigenvalue weighted by Crippen LogP contribution is -2.31. The minimum absolute atomic E-state index is 0.00145. The molecule has 0 atom stereocenters. The Labute approximate surface area is 188 Å². The van der Waals surface area contributed by atoms with Gasteiger partial charge in [-0.15, -0.1) is 0 Å². The summed E-state index contributed by atoms with van der Waals surface area (Å²) in [5, 5.41) is 3.32. The number of halogens is 2. The van der Waals surface area contributed by atoms with E-state index in [1.807, 2.05) is 26.0 Å². The van der Waals surface area contributed by atoms with Gasteiger partial charge in [-0.2, -0.15) is 4.98 Å². The summed E-state index contributed by atoms with van der Waals surface area (Å²) in [6.07, 6.45) is 3.84. The third kappa shape index (κ3) is 4.69. The van der Waals surface area contributed by atoms with Crippen molar-refractivity contribution in [2.75, 3.05) is 23.8 Å². The predicted molar refractivity (Wildman–Crippen MR) is 122 cm³/mol. The molecule has 0 saturated heterocycles. The van der Waals surface area contributed by atoms with E-state index in [0.29, 0.717) is 23.8 Å². The number of fused-ring (bicyclic) bond motifs is 1. The van der Waals surface area contributed by atoms with E-state index >= 15 is 0 Å². The van der Waals surface area contributed by atoms with Gasteiger partial charge in [0.05, 0.1) is 13.1 Å². The zero-order chi connectivity index (χ0) is 22.8. The number of benzene rings is 1. The molecule has 1 aliphatic heterocycles. The second-order valence-corrected chi connectivity index (χ2v) is 9.08. The Kier molecular flexibility index (Phi) is 6.58. The molecule has 1 aromatic carbocycles. The quantitative estimate of drug-likeness (QED) is 0.626. The average Bonchev–Trinajstić information content (AvgIpc) is 3.11. The number of nitrogens with zero attached hydrogens (tertiary/aromatic N) is 4. The summed E-state index contributed by atoms with van der Waals surface area (Å²) >= 11 is 0. The molecule has 2 aromatic rings. The van der Waals surface area contributed by atoms with E-state index in [1.165, 1.54) is 49.6 Å². The van der Waals surface area contributed by atoms with Crippen molar-refractivity contribution in [1.82, 2.24) is 14.9 Å². The molecule has 1 aromatic heterocycles. The number of carbonyl (C=O) groups excluding carboxylic acids is 1. The molecule has 172 valence electrons. The molecule has 2 aliphatic rings. The Morgan fingerprint density at radius 1 is 1.12 bits per heavy atom. The third-order valence-corrected chi connectivity index (χ3v) is 6.41. The van der Waals surface area contributed by atoms with Crippen LogP contribution in [0, 0.1) is 0 Å². The topological polar surface area (TPSA) is 61.4 Å². The highest BCUT2D eigenvalue weighted by Gasteiger charge is 2.34. The van der Waals surface area contributed by atoms with Crippen molar-refractivity contribution >= 4 is 23.4 Å². The molecule has 6 nitrogen and oxygen atoms in total. The highest BCUT2D eigenvalue weighted by Crippen LogP contribution is 2.35. The van der Waals surface area contributed by atoms with Crippen molar-refractivity contribution in [2.45, 2.75) is 70.9 Å². The first kappa shape index (κ1) is 22.4. The lowest BCUT2D eigenvalue weighted by molar-refractivity contribution is 0.0726. The molecule has 1 amide bonds. The molecule has 1 saturated carbocycles. The minimum atomic E-state index is -2.52. The van der Waals surface area contributed by atoms with Crippen LogP contribution >= 0.6 is 0 Å². The fourth-order valence-electron chi connectivity index (χ4n) is 4.57. The number of hydrogen-bond donors (Lipinski definition) is 1. The van der Waals surface area contributed by atoms with Gasteiger partial charge in [-0.3, -0.25) is 4.79 Å². The van der Waals surface area contributed by atoms with Gasteiger partial charge in [-0.25, -0.2) is 13.8 Å². The normalized spacial score (nSPS) is 16.7. The van der Waals surface area contributed by atoms with Crippen LogP contribution in [0.4, 0.5) is 26.2 Å². The van der Waals surface area contributed by atoms with Crippen LogP contribution in [-0.4, -0.2) is 46.8 Å². The first-order valence-corrected chi connectivity index (χ1v) is 11.4. The van der Waals surface area contributed by atoms with Gasteiger partial charge >= 0.3 is 0 Å². The summed E-state index contributed by atoms with van der Waals surface area (Å²) < 4.78 is 25.9. The first-order valence-electron chi connectivity index (χ1n) is 11.4. The van der Waals surface area contributed by atoms with Crippen molar-refractivity contribution in [3.63, 3.8) is 0 Å². The fourth-order valence-corrected chi connectivity index (χ4v) is 4.57. The van der Waals surface area contributed by atoms with Gasteiger partial charge in [-0.05, 0) is 50.3 Å². The number of anilines is 3. The van der Waals surface area contributed by atoms with Crippen molar-refractivity contribution < 1.29 is 13.6 Å². The number of carbonyl (C=O) groups is 1. The van der Waals surface area contributed by atoms with E-state index in [9.17, 15) is 13.6 Å². The number of rotatable bonds is 7. The van der Waals surface area contributed by atoms with E-state index in [4.69, 9.17) is 0 Å². The van der Waals surface area contributed by atoms with Crippen LogP contribution in [0.1, 0.15) is 73.5 Å². The Hall–Kier alpha value is -2.77. The van der Waals surface area contributed by atoms with Gasteiger partial charge in [0.1, 0.15) is 11.5 Å². The van der Waals surface area contributed by atoms with E-state index in [0.717, 1.165) is 5.69 Å². The van der Waals surface area contributed by atoms with E-state index in [2.05, 4.69) is 27.4 Å². The molecule has 0 radical (unpaired) electrons. The smallest absolute Gasteiger partial charge is 0.273 e. The highest BCUT2D eigenvalue weighted by molar-refractivity contribution is 5.98. The maximum atomic E-state index is 12.9. The van der Waals surface area contributed by atoms with Crippen LogP contribution in [0.5, 0.6) is 0 Å². The average molecular weight is 444 g/mol. The Morgan fingerprint density at radius 2 is 1.81 bits per heavy atom. The van der Waals surface area contributed by atoms with E-state index < -0.39 is 13.0 Å². The molecule has 8 heteroatoms. The molecule has 1 N–H and O–H groups in total. The van der Waals surface area contributed by atoms with Crippen LogP contribution in [0.2, 0.25) is 0 Å². The van der Waals surface area contributed by atoms with Gasteiger partial charge in [0.2, 0.25) is 5.95 Å². The molecule has 0 unspecified atom stereocenters. The van der Waals surface area contributed by atoms with Crippen LogP contribution in [0.15, 0.2) is 24.3 Å². The number of nitrogens with one attached hydrogen (secondary N) is 1. The molecule has 32 heavy (non-hydrogen) atoms. The largest absolute Gasteiger partial charge is 0.340 e. The molecule has 2 heterocycles. The minimum Gasteiger partial charge on any atom is -0.340 e. The zero-order valence-corrected chi connectivity index (χ0v) is 18.9. The number of aromatic nitrogens is 2. The Balaban J connectivity index is 1.63. The van der Waals surface area contributed by atoms with Gasteiger partial charge in [-0.1, -0.05) is 31.4 Å². The number of hydrogen-bond acceptors (Lipinski definition) is 5. The van der Waals surface area contributed by atoms with Crippen molar-refractivity contribution in [3.8, 4) is 0 Å². The summed E-state index contributed by atoms with van der Waals surface area (Å²) in [6, 6.07) is 8.35. The van der Waals surface area contributed by atoms with Crippen molar-refractivity contribution in [2.24, 2.45) is 0 Å². The van der Waals surface area contributed by atoms with E-state index in [1.54, 1.807) is 4.90 Å². The third-order valence-electron chi connectivity index (χ3n) is 6.41. The predicted octanol–water partition coefficient (Wildman–Crippen LogP) is 5.33. The molecule has 0 bridgehead atoms. The monoisotopic (exact) mass is 443 g/mol. The maximum absolute atomic E-state index is 12.9.